The number of nitrogens with one attached hydrogen (secondary N) is 2. The summed E-state index contributed by atoms with van der Waals surface area (Å²) in [7, 11) is 0. The van der Waals surface area contributed by atoms with E-state index in [1.807, 2.05) is 75.4 Å². The maximum atomic E-state index is 14.3. The molecule has 0 aromatic heterocycles. The Kier molecular flexibility index (Phi) is 8.36. The molecule has 42 heavy (non-hydrogen) atoms. The van der Waals surface area contributed by atoms with Gasteiger partial charge in [0.2, 0.25) is 17.7 Å². The van der Waals surface area contributed by atoms with Gasteiger partial charge in [-0.15, -0.1) is 0 Å². The lowest BCUT2D eigenvalue weighted by Crippen LogP contribution is -2.56. The maximum Gasteiger partial charge on any atom is 0.250 e. The minimum atomic E-state index is -1.17. The number of aliphatic hydroxyl groups is 1. The quantitative estimate of drug-likeness (QED) is 0.377. The summed E-state index contributed by atoms with van der Waals surface area (Å²) in [5, 5.41) is 16.4. The Morgan fingerprint density at radius 3 is 2.33 bits per heavy atom. The molecular formula is C33H44N4O5. The highest BCUT2D eigenvalue weighted by Crippen LogP contribution is 2.65. The third-order valence-electron chi connectivity index (χ3n) is 9.93. The Bertz CT molecular complexity index is 1300. The van der Waals surface area contributed by atoms with Gasteiger partial charge in [-0.3, -0.25) is 14.4 Å². The lowest BCUT2D eigenvalue weighted by Gasteiger charge is -2.36. The van der Waals surface area contributed by atoms with Crippen molar-refractivity contribution >= 4 is 29.1 Å². The largest absolute Gasteiger partial charge is 0.394 e. The molecule has 0 aliphatic carbocycles. The number of likely N-dealkylation sites (tertiary alicyclic amines) is 1. The molecule has 2 aromatic rings. The van der Waals surface area contributed by atoms with Gasteiger partial charge in [0.1, 0.15) is 11.6 Å². The molecule has 3 fully saturated rings. The van der Waals surface area contributed by atoms with Crippen LogP contribution in [0.4, 0.5) is 11.4 Å². The summed E-state index contributed by atoms with van der Waals surface area (Å²) in [5.41, 5.74) is 0.554. The smallest absolute Gasteiger partial charge is 0.250 e. The van der Waals surface area contributed by atoms with E-state index in [2.05, 4.69) is 29.4 Å². The van der Waals surface area contributed by atoms with Crippen molar-refractivity contribution in [1.29, 1.82) is 0 Å². The van der Waals surface area contributed by atoms with E-state index in [9.17, 15) is 19.5 Å². The molecule has 1 spiro atoms. The van der Waals surface area contributed by atoms with E-state index < -0.39 is 35.1 Å². The summed E-state index contributed by atoms with van der Waals surface area (Å²) in [6.07, 6.45) is 0.935. The molecule has 0 saturated carbocycles. The van der Waals surface area contributed by atoms with Crippen LogP contribution in [0.5, 0.6) is 0 Å². The number of amides is 3. The van der Waals surface area contributed by atoms with Crippen molar-refractivity contribution in [3.63, 3.8) is 0 Å². The van der Waals surface area contributed by atoms with Gasteiger partial charge >= 0.3 is 0 Å². The Morgan fingerprint density at radius 1 is 1.07 bits per heavy atom. The molecule has 3 saturated heterocycles. The maximum absolute atomic E-state index is 14.3. The van der Waals surface area contributed by atoms with Crippen molar-refractivity contribution in [2.24, 2.45) is 17.8 Å². The zero-order chi connectivity index (χ0) is 30.2. The van der Waals surface area contributed by atoms with Gasteiger partial charge < -0.3 is 30.3 Å². The Morgan fingerprint density at radius 2 is 1.74 bits per heavy atom. The van der Waals surface area contributed by atoms with Crippen LogP contribution in [0, 0.1) is 17.8 Å². The van der Waals surface area contributed by atoms with Crippen LogP contribution in [0.2, 0.25) is 0 Å². The molecule has 9 heteroatoms. The van der Waals surface area contributed by atoms with E-state index in [1.165, 1.54) is 4.90 Å². The first kappa shape index (κ1) is 30.0. The number of carbonyl (C=O) groups excluding carboxylic acids is 3. The predicted molar refractivity (Wildman–Crippen MR) is 162 cm³/mol. The normalized spacial score (nSPS) is 30.2. The van der Waals surface area contributed by atoms with Gasteiger partial charge in [-0.05, 0) is 69.4 Å². The second-order valence-corrected chi connectivity index (χ2v) is 12.1. The van der Waals surface area contributed by atoms with E-state index in [0.717, 1.165) is 24.3 Å². The minimum Gasteiger partial charge on any atom is -0.394 e. The molecule has 226 valence electrons. The van der Waals surface area contributed by atoms with Crippen LogP contribution in [0.25, 0.3) is 0 Å². The molecule has 2 bridgehead atoms. The monoisotopic (exact) mass is 576 g/mol. The standard InChI is InChI=1S/C33H44N4O5/c1-6-24(20-38)37-28(30(40)35-23-14-16-25(17-15-23)36(7-2)8-3)33-18-21(4)32(5,42-33)26(27(33)31(37)41)29(39)34-19-22-12-10-9-11-13-22/h9-17,21,24,26-28,38H,6-8,18-20H2,1-5H3,(H,34,39)(H,35,40)/t21?,24-,26+,27-,28?,32-,33?/m0/s1. The molecule has 3 aliphatic rings. The van der Waals surface area contributed by atoms with Crippen molar-refractivity contribution in [2.45, 2.75) is 77.3 Å². The summed E-state index contributed by atoms with van der Waals surface area (Å²) in [6.45, 7) is 11.8. The number of carbonyl (C=O) groups is 3. The number of ether oxygens (including phenoxy) is 1. The van der Waals surface area contributed by atoms with Gasteiger partial charge in [0.05, 0.1) is 30.1 Å². The van der Waals surface area contributed by atoms with Crippen LogP contribution in [0.1, 0.15) is 53.0 Å². The van der Waals surface area contributed by atoms with Crippen LogP contribution in [-0.2, 0) is 25.7 Å². The van der Waals surface area contributed by atoms with Crippen LogP contribution in [0.3, 0.4) is 0 Å². The second-order valence-electron chi connectivity index (χ2n) is 12.1. The Labute approximate surface area is 248 Å². The molecule has 3 aliphatic heterocycles. The fourth-order valence-corrected chi connectivity index (χ4v) is 7.63. The number of benzene rings is 2. The third kappa shape index (κ3) is 4.76. The number of rotatable bonds is 11. The summed E-state index contributed by atoms with van der Waals surface area (Å²) in [5.74, 6) is -2.57. The average molecular weight is 577 g/mol. The molecule has 9 nitrogen and oxygen atoms in total. The van der Waals surface area contributed by atoms with Crippen LogP contribution >= 0.6 is 0 Å². The topological polar surface area (TPSA) is 111 Å². The van der Waals surface area contributed by atoms with Gasteiger partial charge in [0.25, 0.3) is 0 Å². The second kappa shape index (κ2) is 11.7. The van der Waals surface area contributed by atoms with Crippen molar-refractivity contribution < 1.29 is 24.2 Å². The zero-order valence-corrected chi connectivity index (χ0v) is 25.3. The van der Waals surface area contributed by atoms with Crippen LogP contribution in [-0.4, -0.2) is 70.7 Å². The number of anilines is 2. The molecule has 2 aromatic carbocycles. The van der Waals surface area contributed by atoms with E-state index in [-0.39, 0.29) is 30.2 Å². The summed E-state index contributed by atoms with van der Waals surface area (Å²) < 4.78 is 6.79. The van der Waals surface area contributed by atoms with Crippen LogP contribution < -0.4 is 15.5 Å². The zero-order valence-electron chi connectivity index (χ0n) is 25.3. The Hall–Kier alpha value is -3.43. The molecule has 0 radical (unpaired) electrons. The summed E-state index contributed by atoms with van der Waals surface area (Å²) >= 11 is 0. The lowest BCUT2D eigenvalue weighted by atomic mass is 9.62. The van der Waals surface area contributed by atoms with Gasteiger partial charge in [-0.1, -0.05) is 44.2 Å². The van der Waals surface area contributed by atoms with E-state index in [1.54, 1.807) is 0 Å². The third-order valence-corrected chi connectivity index (χ3v) is 9.93. The first-order chi connectivity index (χ1) is 20.1. The highest BCUT2D eigenvalue weighted by Gasteiger charge is 2.80. The number of nitrogens with zero attached hydrogens (tertiary/aromatic N) is 2. The Balaban J connectivity index is 1.47. The molecule has 3 unspecified atom stereocenters. The summed E-state index contributed by atoms with van der Waals surface area (Å²) in [6, 6.07) is 15.7. The van der Waals surface area contributed by atoms with Crippen molar-refractivity contribution in [2.75, 3.05) is 29.9 Å². The van der Waals surface area contributed by atoms with Gasteiger partial charge in [-0.2, -0.15) is 0 Å². The number of hydrogen-bond acceptors (Lipinski definition) is 6. The van der Waals surface area contributed by atoms with Crippen LogP contribution in [0.15, 0.2) is 54.6 Å². The predicted octanol–water partition coefficient (Wildman–Crippen LogP) is 3.57. The molecule has 7 atom stereocenters. The highest BCUT2D eigenvalue weighted by molar-refractivity contribution is 6.04. The number of aliphatic hydroxyl groups excluding tert-OH is 1. The number of hydrogen-bond donors (Lipinski definition) is 3. The fourth-order valence-electron chi connectivity index (χ4n) is 7.63. The van der Waals surface area contributed by atoms with E-state index >= 15 is 0 Å². The lowest BCUT2D eigenvalue weighted by molar-refractivity contribution is -0.149. The van der Waals surface area contributed by atoms with Gasteiger partial charge in [0.15, 0.2) is 0 Å². The summed E-state index contributed by atoms with van der Waals surface area (Å²) in [4.78, 5) is 46.1. The van der Waals surface area contributed by atoms with Crippen molar-refractivity contribution in [3.05, 3.63) is 60.2 Å². The molecule has 5 rings (SSSR count). The van der Waals surface area contributed by atoms with Gasteiger partial charge in [-0.25, -0.2) is 0 Å². The fraction of sp³-hybridized carbons (Fsp3) is 0.545. The average Bonchev–Trinajstić information content (AvgIpc) is 3.51. The first-order valence-electron chi connectivity index (χ1n) is 15.3. The molecular weight excluding hydrogens is 532 g/mol. The molecule has 3 heterocycles. The SMILES string of the molecule is CC[C@@H](CO)N1C(=O)[C@@H]2[C@H](C(=O)NCc3ccccc3)[C@@]3(C)OC2(CC3C)C1C(=O)Nc1ccc(N(CC)CC)cc1. The first-order valence-corrected chi connectivity index (χ1v) is 15.3. The molecule has 3 N–H and O–H groups in total. The van der Waals surface area contributed by atoms with Gasteiger partial charge in [0, 0.05) is 31.0 Å². The number of fused-ring (bicyclic) bond motifs is 1. The molecule has 3 amide bonds. The van der Waals surface area contributed by atoms with E-state index in [0.29, 0.717) is 25.1 Å². The highest BCUT2D eigenvalue weighted by atomic mass is 16.5. The van der Waals surface area contributed by atoms with E-state index in [4.69, 9.17) is 4.74 Å². The minimum absolute atomic E-state index is 0.0631. The van der Waals surface area contributed by atoms with Crippen molar-refractivity contribution in [1.82, 2.24) is 10.2 Å². The van der Waals surface area contributed by atoms with Crippen molar-refractivity contribution in [3.8, 4) is 0 Å².